The van der Waals surface area contributed by atoms with Crippen LogP contribution < -0.4 is 5.73 Å². The summed E-state index contributed by atoms with van der Waals surface area (Å²) in [7, 11) is 0. The first-order valence-corrected chi connectivity index (χ1v) is 7.56. The molecule has 1 aromatic heterocycles. The number of fused-ring (bicyclic) bond motifs is 1. The fraction of sp³-hybridized carbons (Fsp3) is 0.267. The van der Waals surface area contributed by atoms with Crippen LogP contribution in [0, 0.1) is 0 Å². The third-order valence-corrected chi connectivity index (χ3v) is 4.19. The van der Waals surface area contributed by atoms with Gasteiger partial charge in [-0.15, -0.1) is 0 Å². The van der Waals surface area contributed by atoms with Crippen LogP contribution in [-0.2, 0) is 6.54 Å². The lowest BCUT2D eigenvalue weighted by molar-refractivity contribution is 0.0955. The van der Waals surface area contributed by atoms with E-state index in [0.29, 0.717) is 22.0 Å². The molecule has 1 aliphatic rings. The molecule has 0 spiro atoms. The Kier molecular flexibility index (Phi) is 4.16. The molecule has 8 nitrogen and oxygen atoms in total. The number of aliphatic hydroxyl groups is 1. The second kappa shape index (κ2) is 6.14. The minimum atomic E-state index is -1.14. The molecule has 1 unspecified atom stereocenters. The number of hydrogen-bond donors (Lipinski definition) is 3. The summed E-state index contributed by atoms with van der Waals surface area (Å²) in [6, 6.07) is 6.19. The molecule has 0 bridgehead atoms. The highest BCUT2D eigenvalue weighted by molar-refractivity contribution is 6.30. The van der Waals surface area contributed by atoms with Crippen molar-refractivity contribution in [1.82, 2.24) is 14.7 Å². The number of carbonyl (C=O) groups is 2. The van der Waals surface area contributed by atoms with Crippen LogP contribution in [0.3, 0.4) is 0 Å². The number of halogens is 1. The van der Waals surface area contributed by atoms with Crippen LogP contribution in [0.5, 0.6) is 0 Å². The Morgan fingerprint density at radius 1 is 1.42 bits per heavy atom. The molecule has 1 atom stereocenters. The topological polar surface area (TPSA) is 122 Å². The Morgan fingerprint density at radius 2 is 2.17 bits per heavy atom. The highest BCUT2D eigenvalue weighted by Gasteiger charge is 2.34. The van der Waals surface area contributed by atoms with Gasteiger partial charge in [-0.3, -0.25) is 9.48 Å². The summed E-state index contributed by atoms with van der Waals surface area (Å²) >= 11 is 6.00. The molecule has 9 heteroatoms. The Balaban J connectivity index is 2.20. The highest BCUT2D eigenvalue weighted by Crippen LogP contribution is 2.32. The fourth-order valence-electron chi connectivity index (χ4n) is 2.88. The van der Waals surface area contributed by atoms with E-state index in [9.17, 15) is 19.8 Å². The van der Waals surface area contributed by atoms with Gasteiger partial charge in [0.1, 0.15) is 5.69 Å². The molecular weight excluding hydrogens is 336 g/mol. The minimum Gasteiger partial charge on any atom is -0.465 e. The van der Waals surface area contributed by atoms with Crippen molar-refractivity contribution in [1.29, 1.82) is 0 Å². The lowest BCUT2D eigenvalue weighted by atomic mass is 10.0. The van der Waals surface area contributed by atoms with Crippen LogP contribution in [-0.4, -0.2) is 50.0 Å². The maximum absolute atomic E-state index is 12.0. The van der Waals surface area contributed by atoms with Gasteiger partial charge < -0.3 is 20.8 Å². The van der Waals surface area contributed by atoms with Crippen molar-refractivity contribution in [2.24, 2.45) is 5.73 Å². The van der Waals surface area contributed by atoms with E-state index in [2.05, 4.69) is 5.10 Å². The van der Waals surface area contributed by atoms with Crippen molar-refractivity contribution >= 4 is 23.6 Å². The monoisotopic (exact) mass is 350 g/mol. The number of carbonyl (C=O) groups excluding carboxylic acids is 1. The Labute approximate surface area is 142 Å². The average molecular weight is 351 g/mol. The zero-order chi connectivity index (χ0) is 17.4. The van der Waals surface area contributed by atoms with Gasteiger partial charge in [0.05, 0.1) is 30.5 Å². The van der Waals surface area contributed by atoms with Crippen molar-refractivity contribution in [2.75, 3.05) is 13.2 Å². The van der Waals surface area contributed by atoms with E-state index in [1.165, 1.54) is 4.68 Å². The molecule has 3 rings (SSSR count). The number of nitrogens with zero attached hydrogens (tertiary/aromatic N) is 3. The van der Waals surface area contributed by atoms with Gasteiger partial charge in [0, 0.05) is 17.1 Å². The Hall–Kier alpha value is -2.58. The lowest BCUT2D eigenvalue weighted by Crippen LogP contribution is -2.42. The zero-order valence-corrected chi connectivity index (χ0v) is 13.3. The maximum Gasteiger partial charge on any atom is 0.407 e. The van der Waals surface area contributed by atoms with Gasteiger partial charge in [-0.05, 0) is 12.1 Å². The Bertz CT molecular complexity index is 820. The van der Waals surface area contributed by atoms with Crippen LogP contribution in [0.2, 0.25) is 5.02 Å². The fourth-order valence-corrected chi connectivity index (χ4v) is 3.07. The number of amides is 2. The van der Waals surface area contributed by atoms with Gasteiger partial charge in [0.2, 0.25) is 0 Å². The number of rotatable bonds is 3. The number of primary amides is 1. The Morgan fingerprint density at radius 3 is 2.75 bits per heavy atom. The van der Waals surface area contributed by atoms with E-state index in [-0.39, 0.29) is 25.3 Å². The number of benzene rings is 1. The standard InChI is InChI=1S/C15H15ClN4O4/c16-9-3-1-2-8(4-9)13-12(14(17)22)11-6-19(15(23)24)5-10(7-21)20(11)18-13/h1-4,10,21H,5-7H2,(H2,17,22)(H,23,24). The van der Waals surface area contributed by atoms with Crippen LogP contribution >= 0.6 is 11.6 Å². The van der Waals surface area contributed by atoms with E-state index in [1.807, 2.05) is 0 Å². The van der Waals surface area contributed by atoms with E-state index < -0.39 is 18.0 Å². The third kappa shape index (κ3) is 2.70. The van der Waals surface area contributed by atoms with Crippen molar-refractivity contribution in [3.63, 3.8) is 0 Å². The van der Waals surface area contributed by atoms with Crippen LogP contribution in [0.15, 0.2) is 24.3 Å². The molecule has 2 heterocycles. The normalized spacial score (nSPS) is 16.8. The molecule has 4 N–H and O–H groups in total. The lowest BCUT2D eigenvalue weighted by Gasteiger charge is -2.31. The molecule has 1 aromatic carbocycles. The largest absolute Gasteiger partial charge is 0.465 e. The molecule has 0 radical (unpaired) electrons. The van der Waals surface area contributed by atoms with Crippen molar-refractivity contribution in [3.05, 3.63) is 40.5 Å². The second-order valence-electron chi connectivity index (χ2n) is 5.49. The predicted octanol–water partition coefficient (Wildman–Crippen LogP) is 1.33. The third-order valence-electron chi connectivity index (χ3n) is 3.95. The van der Waals surface area contributed by atoms with Gasteiger partial charge in [-0.1, -0.05) is 23.7 Å². The smallest absolute Gasteiger partial charge is 0.407 e. The molecule has 2 amide bonds. The summed E-state index contributed by atoms with van der Waals surface area (Å²) in [6.45, 7) is -0.267. The summed E-state index contributed by atoms with van der Waals surface area (Å²) < 4.78 is 1.48. The summed E-state index contributed by atoms with van der Waals surface area (Å²) in [5.41, 5.74) is 6.94. The van der Waals surface area contributed by atoms with Crippen molar-refractivity contribution < 1.29 is 19.8 Å². The predicted molar refractivity (Wildman–Crippen MR) is 85.7 cm³/mol. The summed E-state index contributed by atoms with van der Waals surface area (Å²) in [5.74, 6) is -0.713. The molecular formula is C15H15ClN4O4. The minimum absolute atomic E-state index is 0.0301. The zero-order valence-electron chi connectivity index (χ0n) is 12.5. The van der Waals surface area contributed by atoms with Gasteiger partial charge in [0.15, 0.2) is 0 Å². The quantitative estimate of drug-likeness (QED) is 0.770. The molecule has 0 fully saturated rings. The van der Waals surface area contributed by atoms with Crippen LogP contribution in [0.4, 0.5) is 4.79 Å². The first-order chi connectivity index (χ1) is 11.4. The summed E-state index contributed by atoms with van der Waals surface area (Å²) in [6.07, 6.45) is -1.14. The highest BCUT2D eigenvalue weighted by atomic mass is 35.5. The molecule has 1 aliphatic heterocycles. The molecule has 24 heavy (non-hydrogen) atoms. The molecule has 2 aromatic rings. The molecule has 0 aliphatic carbocycles. The van der Waals surface area contributed by atoms with Gasteiger partial charge in [0.25, 0.3) is 5.91 Å². The van der Waals surface area contributed by atoms with Crippen molar-refractivity contribution in [2.45, 2.75) is 12.6 Å². The van der Waals surface area contributed by atoms with Gasteiger partial charge in [-0.25, -0.2) is 4.79 Å². The maximum atomic E-state index is 12.0. The molecule has 126 valence electrons. The van der Waals surface area contributed by atoms with Crippen LogP contribution in [0.1, 0.15) is 22.1 Å². The van der Waals surface area contributed by atoms with Crippen molar-refractivity contribution in [3.8, 4) is 11.3 Å². The average Bonchev–Trinajstić information content (AvgIpc) is 2.93. The van der Waals surface area contributed by atoms with E-state index in [1.54, 1.807) is 24.3 Å². The van der Waals surface area contributed by atoms with Crippen LogP contribution in [0.25, 0.3) is 11.3 Å². The van der Waals surface area contributed by atoms with Gasteiger partial charge >= 0.3 is 6.09 Å². The second-order valence-corrected chi connectivity index (χ2v) is 5.93. The number of aliphatic hydroxyl groups excluding tert-OH is 1. The number of carboxylic acid groups (broad SMARTS) is 1. The van der Waals surface area contributed by atoms with E-state index >= 15 is 0 Å². The van der Waals surface area contributed by atoms with E-state index in [4.69, 9.17) is 17.3 Å². The summed E-state index contributed by atoms with van der Waals surface area (Å²) in [4.78, 5) is 24.4. The van der Waals surface area contributed by atoms with E-state index in [0.717, 1.165) is 4.90 Å². The number of hydrogen-bond acceptors (Lipinski definition) is 4. The number of aromatic nitrogens is 2. The first kappa shape index (κ1) is 16.3. The van der Waals surface area contributed by atoms with Gasteiger partial charge in [-0.2, -0.15) is 5.10 Å². The first-order valence-electron chi connectivity index (χ1n) is 7.18. The molecule has 0 saturated heterocycles. The summed E-state index contributed by atoms with van der Waals surface area (Å²) in [5, 5.41) is 23.7. The SMILES string of the molecule is NC(=O)c1c(-c2cccc(Cl)c2)nn2c1CN(C(=O)O)CC2CO. The molecule has 0 saturated carbocycles. The number of nitrogens with two attached hydrogens (primary N) is 1.